The van der Waals surface area contributed by atoms with E-state index in [2.05, 4.69) is 12.1 Å². The van der Waals surface area contributed by atoms with Gasteiger partial charge >= 0.3 is 0 Å². The quantitative estimate of drug-likeness (QED) is 0.427. The van der Waals surface area contributed by atoms with Crippen LogP contribution in [0.25, 0.3) is 11.1 Å². The van der Waals surface area contributed by atoms with Gasteiger partial charge < -0.3 is 4.55 Å². The molecule has 136 valence electrons. The first-order valence-corrected chi connectivity index (χ1v) is 9.45. The van der Waals surface area contributed by atoms with Gasteiger partial charge in [0.2, 0.25) is 0 Å². The second-order valence-corrected chi connectivity index (χ2v) is 7.40. The number of benzene rings is 2. The average molecular weight is 370 g/mol. The van der Waals surface area contributed by atoms with Crippen LogP contribution in [0.15, 0.2) is 71.9 Å². The first-order chi connectivity index (χ1) is 12.2. The molecule has 0 aliphatic rings. The van der Waals surface area contributed by atoms with E-state index in [0.29, 0.717) is 11.1 Å². The summed E-state index contributed by atoms with van der Waals surface area (Å²) in [5.74, 6) is 5.52. The van der Waals surface area contributed by atoms with E-state index in [1.165, 1.54) is 15.8 Å². The summed E-state index contributed by atoms with van der Waals surface area (Å²) >= 11 is 0. The Labute approximate surface area is 154 Å². The van der Waals surface area contributed by atoms with Gasteiger partial charge in [0.1, 0.15) is 10.1 Å². The van der Waals surface area contributed by atoms with Crippen LogP contribution in [0.2, 0.25) is 0 Å². The number of nitrogens with two attached hydrogens (primary N) is 1. The van der Waals surface area contributed by atoms with Gasteiger partial charge in [-0.15, -0.1) is 0 Å². The number of pyridine rings is 1. The molecule has 0 bridgehead atoms. The van der Waals surface area contributed by atoms with Crippen molar-refractivity contribution in [2.45, 2.75) is 25.7 Å². The van der Waals surface area contributed by atoms with Gasteiger partial charge in [0, 0.05) is 12.1 Å². The molecule has 1 heterocycles. The zero-order chi connectivity index (χ0) is 19.3. The van der Waals surface area contributed by atoms with Gasteiger partial charge in [-0.3, -0.25) is 0 Å². The number of rotatable bonds is 2. The second-order valence-electron chi connectivity index (χ2n) is 6.08. The Morgan fingerprint density at radius 1 is 0.846 bits per heavy atom. The molecule has 0 aliphatic carbocycles. The highest BCUT2D eigenvalue weighted by atomic mass is 32.2. The topological polar surface area (TPSA) is 87.1 Å². The lowest BCUT2D eigenvalue weighted by Crippen LogP contribution is -2.43. The Morgan fingerprint density at radius 3 is 1.77 bits per heavy atom. The van der Waals surface area contributed by atoms with Crippen LogP contribution in [-0.2, 0) is 10.1 Å². The Balaban J connectivity index is 0.000000187. The maximum absolute atomic E-state index is 10.8. The molecule has 0 unspecified atom stereocenters. The summed E-state index contributed by atoms with van der Waals surface area (Å²) < 4.78 is 34.0. The number of aryl methyl sites for hydroxylation is 3. The van der Waals surface area contributed by atoms with E-state index < -0.39 is 10.1 Å². The minimum Gasteiger partial charge on any atom is -0.744 e. The summed E-state index contributed by atoms with van der Waals surface area (Å²) in [5.41, 5.74) is 4.40. The fraction of sp³-hybridized carbons (Fsp3) is 0.150. The van der Waals surface area contributed by atoms with Crippen molar-refractivity contribution >= 4 is 10.1 Å². The Bertz CT molecular complexity index is 960. The van der Waals surface area contributed by atoms with Gasteiger partial charge in [0.15, 0.2) is 12.4 Å². The molecule has 0 aliphatic heterocycles. The van der Waals surface area contributed by atoms with E-state index in [1.807, 2.05) is 49.6 Å². The van der Waals surface area contributed by atoms with Crippen LogP contribution in [0.1, 0.15) is 16.7 Å². The van der Waals surface area contributed by atoms with E-state index in [9.17, 15) is 13.0 Å². The molecule has 0 saturated carbocycles. The molecule has 2 aromatic carbocycles. The van der Waals surface area contributed by atoms with E-state index in [1.54, 1.807) is 26.0 Å². The van der Waals surface area contributed by atoms with Crippen molar-refractivity contribution in [3.8, 4) is 11.1 Å². The van der Waals surface area contributed by atoms with Gasteiger partial charge in [0.25, 0.3) is 0 Å². The average Bonchev–Trinajstić information content (AvgIpc) is 2.54. The number of hydrogen-bond acceptors (Lipinski definition) is 4. The number of nitrogen functional groups attached to an aromatic ring is 1. The predicted octanol–water partition coefficient (Wildman–Crippen LogP) is 2.87. The van der Waals surface area contributed by atoms with Crippen LogP contribution in [-0.4, -0.2) is 13.0 Å². The fourth-order valence-corrected chi connectivity index (χ4v) is 3.73. The fourth-order valence-electron chi connectivity index (χ4n) is 2.82. The summed E-state index contributed by atoms with van der Waals surface area (Å²) in [6, 6.07) is 17.6. The van der Waals surface area contributed by atoms with E-state index >= 15 is 0 Å². The molecule has 0 saturated heterocycles. The monoisotopic (exact) mass is 370 g/mol. The van der Waals surface area contributed by atoms with Crippen LogP contribution in [0.5, 0.6) is 0 Å². The van der Waals surface area contributed by atoms with Crippen LogP contribution >= 0.6 is 0 Å². The SMILES string of the molecule is Cc1cc(C)c(S(=O)(=O)[O-])c(C)c1.N[n+]1ccc(-c2ccccc2)cc1. The number of hydrogen-bond donors (Lipinski definition) is 1. The van der Waals surface area contributed by atoms with Crippen molar-refractivity contribution < 1.29 is 17.6 Å². The van der Waals surface area contributed by atoms with Gasteiger partial charge in [-0.05, 0) is 43.0 Å². The molecule has 6 heteroatoms. The number of aromatic nitrogens is 1. The minimum atomic E-state index is -4.33. The summed E-state index contributed by atoms with van der Waals surface area (Å²) in [5, 5.41) is 0. The summed E-state index contributed by atoms with van der Waals surface area (Å²) in [6.45, 7) is 5.12. The first kappa shape index (κ1) is 19.6. The van der Waals surface area contributed by atoms with Crippen molar-refractivity contribution in [2.75, 3.05) is 5.84 Å². The highest BCUT2D eigenvalue weighted by molar-refractivity contribution is 7.85. The molecule has 2 N–H and O–H groups in total. The largest absolute Gasteiger partial charge is 0.744 e. The van der Waals surface area contributed by atoms with E-state index in [0.717, 1.165) is 5.56 Å². The maximum atomic E-state index is 10.8. The Morgan fingerprint density at radius 2 is 1.31 bits per heavy atom. The molecule has 1 aromatic heterocycles. The van der Waals surface area contributed by atoms with Crippen LogP contribution < -0.4 is 10.5 Å². The smallest absolute Gasteiger partial charge is 0.199 e. The first-order valence-electron chi connectivity index (χ1n) is 8.04. The molecule has 5 nitrogen and oxygen atoms in total. The molecule has 3 rings (SSSR count). The van der Waals surface area contributed by atoms with Gasteiger partial charge in [0.05, 0.1) is 4.90 Å². The van der Waals surface area contributed by atoms with Crippen molar-refractivity contribution in [3.05, 3.63) is 83.7 Å². The van der Waals surface area contributed by atoms with Crippen molar-refractivity contribution in [1.82, 2.24) is 0 Å². The summed E-state index contributed by atoms with van der Waals surface area (Å²) in [6.07, 6.45) is 3.67. The van der Waals surface area contributed by atoms with Crippen LogP contribution in [0.4, 0.5) is 0 Å². The molecular formula is C20H22N2O3S. The molecule has 0 fully saturated rings. The molecule has 3 aromatic rings. The lowest BCUT2D eigenvalue weighted by atomic mass is 10.1. The third kappa shape index (κ3) is 5.15. The maximum Gasteiger partial charge on any atom is 0.199 e. The molecular weight excluding hydrogens is 348 g/mol. The summed E-state index contributed by atoms with van der Waals surface area (Å²) in [7, 11) is -4.33. The van der Waals surface area contributed by atoms with Crippen molar-refractivity contribution in [3.63, 3.8) is 0 Å². The highest BCUT2D eigenvalue weighted by Crippen LogP contribution is 2.20. The number of nitrogens with zero attached hydrogens (tertiary/aromatic N) is 1. The Kier molecular flexibility index (Phi) is 6.13. The van der Waals surface area contributed by atoms with E-state index in [-0.39, 0.29) is 4.90 Å². The zero-order valence-electron chi connectivity index (χ0n) is 15.0. The molecule has 26 heavy (non-hydrogen) atoms. The minimum absolute atomic E-state index is 0.0851. The lowest BCUT2D eigenvalue weighted by Gasteiger charge is -2.14. The summed E-state index contributed by atoms with van der Waals surface area (Å²) in [4.78, 5) is -0.0851. The molecule has 0 amide bonds. The predicted molar refractivity (Wildman–Crippen MR) is 101 cm³/mol. The highest BCUT2D eigenvalue weighted by Gasteiger charge is 2.09. The molecule has 0 radical (unpaired) electrons. The Hall–Kier alpha value is -2.70. The third-order valence-corrected chi connectivity index (χ3v) is 4.96. The van der Waals surface area contributed by atoms with Gasteiger partial charge in [-0.2, -0.15) is 0 Å². The van der Waals surface area contributed by atoms with Gasteiger partial charge in [-0.1, -0.05) is 52.7 Å². The molecule has 0 spiro atoms. The van der Waals surface area contributed by atoms with Crippen molar-refractivity contribution in [1.29, 1.82) is 0 Å². The van der Waals surface area contributed by atoms with Crippen LogP contribution in [0, 0.1) is 20.8 Å². The normalized spacial score (nSPS) is 10.8. The van der Waals surface area contributed by atoms with E-state index in [4.69, 9.17) is 5.84 Å². The second kappa shape index (κ2) is 8.12. The zero-order valence-corrected chi connectivity index (χ0v) is 15.8. The molecule has 0 atom stereocenters. The lowest BCUT2D eigenvalue weighted by molar-refractivity contribution is -0.638. The standard InChI is InChI=1S/C11H11N2.C9H12O3S/c12-13-8-6-11(7-9-13)10-4-2-1-3-5-10;1-6-4-7(2)9(8(3)5-6)13(10,11)12/h1-9H,12H2;4-5H,1-3H3,(H,10,11,12)/q+1;/p-1. The third-order valence-electron chi connectivity index (χ3n) is 3.81. The van der Waals surface area contributed by atoms with Crippen LogP contribution in [0.3, 0.4) is 0 Å². The van der Waals surface area contributed by atoms with Gasteiger partial charge in [-0.25, -0.2) is 14.3 Å². The van der Waals surface area contributed by atoms with Crippen molar-refractivity contribution in [2.24, 2.45) is 0 Å².